The van der Waals surface area contributed by atoms with Crippen molar-refractivity contribution in [3.8, 4) is 5.75 Å². The zero-order valence-corrected chi connectivity index (χ0v) is 10.2. The quantitative estimate of drug-likeness (QED) is 0.883. The normalized spacial score (nSPS) is 25.8. The second-order valence-electron chi connectivity index (χ2n) is 5.27. The van der Waals surface area contributed by atoms with Gasteiger partial charge in [0.2, 0.25) is 0 Å². The number of aliphatic hydroxyl groups excluding tert-OH is 1. The number of benzene rings is 1. The van der Waals surface area contributed by atoms with E-state index < -0.39 is 17.0 Å². The third kappa shape index (κ3) is 1.62. The molecule has 4 heteroatoms. The fraction of sp³-hybridized carbons (Fsp3) is 0.538. The third-order valence-electron chi connectivity index (χ3n) is 3.90. The molecule has 2 nitrogen and oxygen atoms in total. The van der Waals surface area contributed by atoms with Crippen molar-refractivity contribution < 1.29 is 18.6 Å². The standard InChI is InChI=1S/C13H16F2O2/c1-12(2)6-13(12,7-16)11-9(15)4-8(14)5-10(11)17-3/h4-5,16H,6-7H2,1-3H3. The van der Waals surface area contributed by atoms with Crippen LogP contribution in [0.3, 0.4) is 0 Å². The van der Waals surface area contributed by atoms with Gasteiger partial charge in [-0.2, -0.15) is 0 Å². The third-order valence-corrected chi connectivity index (χ3v) is 3.90. The second kappa shape index (κ2) is 3.67. The van der Waals surface area contributed by atoms with Gasteiger partial charge in [-0.1, -0.05) is 13.8 Å². The highest BCUT2D eigenvalue weighted by atomic mass is 19.1. The van der Waals surface area contributed by atoms with Gasteiger partial charge in [0.15, 0.2) is 0 Å². The molecule has 0 aliphatic heterocycles. The van der Waals surface area contributed by atoms with E-state index in [9.17, 15) is 13.9 Å². The van der Waals surface area contributed by atoms with Crippen LogP contribution in [-0.2, 0) is 5.41 Å². The molecule has 0 saturated heterocycles. The van der Waals surface area contributed by atoms with E-state index in [1.54, 1.807) is 0 Å². The van der Waals surface area contributed by atoms with Gasteiger partial charge in [-0.05, 0) is 11.8 Å². The lowest BCUT2D eigenvalue weighted by atomic mass is 9.87. The predicted molar refractivity (Wildman–Crippen MR) is 60.1 cm³/mol. The SMILES string of the molecule is COc1cc(F)cc(F)c1C1(CO)CC1(C)C. The molecule has 1 fully saturated rings. The lowest BCUT2D eigenvalue weighted by molar-refractivity contribution is 0.223. The molecule has 0 amide bonds. The molecular weight excluding hydrogens is 226 g/mol. The van der Waals surface area contributed by atoms with Gasteiger partial charge < -0.3 is 9.84 Å². The molecule has 1 N–H and O–H groups in total. The number of rotatable bonds is 3. The maximum atomic E-state index is 13.9. The molecule has 1 saturated carbocycles. The fourth-order valence-electron chi connectivity index (χ4n) is 2.66. The summed E-state index contributed by atoms with van der Waals surface area (Å²) in [5.41, 5.74) is -0.571. The topological polar surface area (TPSA) is 29.5 Å². The summed E-state index contributed by atoms with van der Waals surface area (Å²) in [7, 11) is 1.37. The first-order valence-electron chi connectivity index (χ1n) is 5.52. The largest absolute Gasteiger partial charge is 0.496 e. The number of methoxy groups -OCH3 is 1. The number of hydrogen-bond donors (Lipinski definition) is 1. The molecule has 0 radical (unpaired) electrons. The van der Waals surface area contributed by atoms with Crippen molar-refractivity contribution in [3.63, 3.8) is 0 Å². The fourth-order valence-corrected chi connectivity index (χ4v) is 2.66. The first-order chi connectivity index (χ1) is 7.88. The van der Waals surface area contributed by atoms with E-state index in [2.05, 4.69) is 0 Å². The number of hydrogen-bond acceptors (Lipinski definition) is 2. The van der Waals surface area contributed by atoms with E-state index in [-0.39, 0.29) is 23.3 Å². The Morgan fingerprint density at radius 2 is 1.94 bits per heavy atom. The van der Waals surface area contributed by atoms with Crippen molar-refractivity contribution in [2.75, 3.05) is 13.7 Å². The van der Waals surface area contributed by atoms with Crippen LogP contribution in [0.4, 0.5) is 8.78 Å². The molecule has 1 atom stereocenters. The zero-order valence-electron chi connectivity index (χ0n) is 10.2. The van der Waals surface area contributed by atoms with Crippen LogP contribution in [0.2, 0.25) is 0 Å². The molecular formula is C13H16F2O2. The monoisotopic (exact) mass is 242 g/mol. The minimum atomic E-state index is -0.672. The Hall–Kier alpha value is -1.16. The Kier molecular flexibility index (Phi) is 2.65. The van der Waals surface area contributed by atoms with Crippen LogP contribution >= 0.6 is 0 Å². The average Bonchev–Trinajstić information content (AvgIpc) is 2.80. The molecule has 17 heavy (non-hydrogen) atoms. The van der Waals surface area contributed by atoms with Crippen LogP contribution in [-0.4, -0.2) is 18.8 Å². The molecule has 1 unspecified atom stereocenters. The van der Waals surface area contributed by atoms with Gasteiger partial charge in [0.1, 0.15) is 17.4 Å². The molecule has 2 rings (SSSR count). The van der Waals surface area contributed by atoms with Crippen LogP contribution in [0.5, 0.6) is 5.75 Å². The van der Waals surface area contributed by atoms with Gasteiger partial charge in [0.05, 0.1) is 13.7 Å². The van der Waals surface area contributed by atoms with E-state index >= 15 is 0 Å². The van der Waals surface area contributed by atoms with E-state index in [4.69, 9.17) is 4.74 Å². The highest BCUT2D eigenvalue weighted by Gasteiger charge is 2.63. The average molecular weight is 242 g/mol. The Morgan fingerprint density at radius 3 is 2.35 bits per heavy atom. The van der Waals surface area contributed by atoms with Crippen molar-refractivity contribution in [2.45, 2.75) is 25.7 Å². The number of ether oxygens (including phenoxy) is 1. The maximum Gasteiger partial charge on any atom is 0.133 e. The summed E-state index contributed by atoms with van der Waals surface area (Å²) < 4.78 is 32.1. The maximum absolute atomic E-state index is 13.9. The highest BCUT2D eigenvalue weighted by Crippen LogP contribution is 2.65. The van der Waals surface area contributed by atoms with Gasteiger partial charge in [-0.3, -0.25) is 0 Å². The smallest absolute Gasteiger partial charge is 0.133 e. The molecule has 1 aromatic rings. The lowest BCUT2D eigenvalue weighted by Crippen LogP contribution is -2.22. The molecule has 1 aliphatic carbocycles. The summed E-state index contributed by atoms with van der Waals surface area (Å²) in [5, 5.41) is 9.54. The van der Waals surface area contributed by atoms with Crippen molar-refractivity contribution in [3.05, 3.63) is 29.3 Å². The van der Waals surface area contributed by atoms with E-state index in [0.29, 0.717) is 6.42 Å². The van der Waals surface area contributed by atoms with Crippen molar-refractivity contribution >= 4 is 0 Å². The summed E-state index contributed by atoms with van der Waals surface area (Å²) in [6.07, 6.45) is 0.662. The minimum Gasteiger partial charge on any atom is -0.496 e. The molecule has 1 aliphatic rings. The van der Waals surface area contributed by atoms with Gasteiger partial charge in [0, 0.05) is 23.1 Å². The Labute approximate surface area is 99.2 Å². The summed E-state index contributed by atoms with van der Waals surface area (Å²) in [6, 6.07) is 1.99. The van der Waals surface area contributed by atoms with Crippen LogP contribution in [0.15, 0.2) is 12.1 Å². The first kappa shape index (κ1) is 12.3. The highest BCUT2D eigenvalue weighted by molar-refractivity contribution is 5.48. The number of halogens is 2. The van der Waals surface area contributed by atoms with Crippen molar-refractivity contribution in [1.29, 1.82) is 0 Å². The molecule has 94 valence electrons. The van der Waals surface area contributed by atoms with E-state index in [0.717, 1.165) is 12.1 Å². The van der Waals surface area contributed by atoms with Gasteiger partial charge in [0.25, 0.3) is 0 Å². The summed E-state index contributed by atoms with van der Waals surface area (Å²) >= 11 is 0. The second-order valence-corrected chi connectivity index (χ2v) is 5.27. The van der Waals surface area contributed by atoms with Crippen LogP contribution in [0, 0.1) is 17.0 Å². The Bertz CT molecular complexity index is 457. The summed E-state index contributed by atoms with van der Waals surface area (Å²) in [5.74, 6) is -1.15. The molecule has 0 heterocycles. The van der Waals surface area contributed by atoms with Crippen LogP contribution < -0.4 is 4.74 Å². The van der Waals surface area contributed by atoms with Crippen molar-refractivity contribution in [1.82, 2.24) is 0 Å². The predicted octanol–water partition coefficient (Wildman–Crippen LogP) is 2.63. The molecule has 0 aromatic heterocycles. The Morgan fingerprint density at radius 1 is 1.35 bits per heavy atom. The zero-order chi connectivity index (χ0) is 12.8. The first-order valence-corrected chi connectivity index (χ1v) is 5.52. The minimum absolute atomic E-state index is 0.168. The van der Waals surface area contributed by atoms with E-state index in [1.165, 1.54) is 7.11 Å². The van der Waals surface area contributed by atoms with Crippen LogP contribution in [0.1, 0.15) is 25.8 Å². The van der Waals surface area contributed by atoms with Gasteiger partial charge in [-0.25, -0.2) is 8.78 Å². The van der Waals surface area contributed by atoms with Gasteiger partial charge in [-0.15, -0.1) is 0 Å². The lowest BCUT2D eigenvalue weighted by Gasteiger charge is -2.21. The number of aliphatic hydroxyl groups is 1. The molecule has 0 bridgehead atoms. The molecule has 1 aromatic carbocycles. The van der Waals surface area contributed by atoms with Crippen LogP contribution in [0.25, 0.3) is 0 Å². The Balaban J connectivity index is 2.60. The summed E-state index contributed by atoms with van der Waals surface area (Å²) in [4.78, 5) is 0. The summed E-state index contributed by atoms with van der Waals surface area (Å²) in [6.45, 7) is 3.73. The van der Waals surface area contributed by atoms with Gasteiger partial charge >= 0.3 is 0 Å². The van der Waals surface area contributed by atoms with Crippen molar-refractivity contribution in [2.24, 2.45) is 5.41 Å². The molecule has 0 spiro atoms. The van der Waals surface area contributed by atoms with E-state index in [1.807, 2.05) is 13.8 Å².